The van der Waals surface area contributed by atoms with Gasteiger partial charge >= 0.3 is 6.18 Å². The van der Waals surface area contributed by atoms with E-state index in [1.807, 2.05) is 13.8 Å². The van der Waals surface area contributed by atoms with E-state index in [0.29, 0.717) is 23.7 Å². The third-order valence-electron chi connectivity index (χ3n) is 3.61. The van der Waals surface area contributed by atoms with Crippen LogP contribution in [-0.4, -0.2) is 22.6 Å². The van der Waals surface area contributed by atoms with E-state index >= 15 is 0 Å². The highest BCUT2D eigenvalue weighted by Crippen LogP contribution is 2.37. The van der Waals surface area contributed by atoms with Gasteiger partial charge in [0.2, 0.25) is 11.8 Å². The molecule has 0 radical (unpaired) electrons. The second-order valence-corrected chi connectivity index (χ2v) is 5.88. The SMILES string of the molecule is CCC(C)Oc1nc(N(CC)c2cccc(Cl)c2)ncc1C(F)(F)F. The molecule has 2 aromatic rings. The Morgan fingerprint density at radius 1 is 1.28 bits per heavy atom. The van der Waals surface area contributed by atoms with Crippen molar-refractivity contribution in [3.8, 4) is 5.88 Å². The van der Waals surface area contributed by atoms with Gasteiger partial charge in [-0.3, -0.25) is 0 Å². The number of halogens is 4. The number of nitrogens with zero attached hydrogens (tertiary/aromatic N) is 3. The Bertz CT molecular complexity index is 725. The Kier molecular flexibility index (Phi) is 6.11. The first-order chi connectivity index (χ1) is 11.8. The number of rotatable bonds is 6. The molecule has 0 aliphatic heterocycles. The van der Waals surface area contributed by atoms with Gasteiger partial charge in [-0.1, -0.05) is 24.6 Å². The molecule has 0 saturated carbocycles. The maximum absolute atomic E-state index is 13.2. The first-order valence-corrected chi connectivity index (χ1v) is 8.28. The topological polar surface area (TPSA) is 38.2 Å². The van der Waals surface area contributed by atoms with E-state index < -0.39 is 23.7 Å². The lowest BCUT2D eigenvalue weighted by molar-refractivity contribution is -0.139. The van der Waals surface area contributed by atoms with Crippen LogP contribution in [0.25, 0.3) is 0 Å². The average molecular weight is 374 g/mol. The molecule has 1 heterocycles. The lowest BCUT2D eigenvalue weighted by Crippen LogP contribution is -2.22. The summed E-state index contributed by atoms with van der Waals surface area (Å²) < 4.78 is 45.0. The molecule has 0 saturated heterocycles. The maximum atomic E-state index is 13.2. The molecule has 0 fully saturated rings. The number of anilines is 2. The van der Waals surface area contributed by atoms with Crippen molar-refractivity contribution < 1.29 is 17.9 Å². The van der Waals surface area contributed by atoms with Crippen LogP contribution in [-0.2, 0) is 6.18 Å². The first-order valence-electron chi connectivity index (χ1n) is 7.90. The van der Waals surface area contributed by atoms with Crippen LogP contribution in [0.4, 0.5) is 24.8 Å². The predicted molar refractivity (Wildman–Crippen MR) is 91.5 cm³/mol. The van der Waals surface area contributed by atoms with Crippen LogP contribution in [0.3, 0.4) is 0 Å². The molecular weight excluding hydrogens is 355 g/mol. The predicted octanol–water partition coefficient (Wildman–Crippen LogP) is 5.48. The lowest BCUT2D eigenvalue weighted by Gasteiger charge is -2.23. The van der Waals surface area contributed by atoms with Gasteiger partial charge in [0.15, 0.2) is 0 Å². The molecule has 8 heteroatoms. The quantitative estimate of drug-likeness (QED) is 0.671. The molecule has 0 N–H and O–H groups in total. The highest BCUT2D eigenvalue weighted by Gasteiger charge is 2.37. The average Bonchev–Trinajstić information content (AvgIpc) is 2.54. The van der Waals surface area contributed by atoms with Gasteiger partial charge in [0.25, 0.3) is 0 Å². The molecule has 1 aromatic carbocycles. The van der Waals surface area contributed by atoms with Crippen molar-refractivity contribution in [3.63, 3.8) is 0 Å². The summed E-state index contributed by atoms with van der Waals surface area (Å²) in [4.78, 5) is 9.58. The van der Waals surface area contributed by atoms with Gasteiger partial charge in [-0.15, -0.1) is 0 Å². The second kappa shape index (κ2) is 7.91. The van der Waals surface area contributed by atoms with E-state index in [0.717, 1.165) is 6.20 Å². The van der Waals surface area contributed by atoms with Crippen LogP contribution in [0.1, 0.15) is 32.8 Å². The Morgan fingerprint density at radius 2 is 2.00 bits per heavy atom. The zero-order valence-corrected chi connectivity index (χ0v) is 14.9. The molecule has 0 bridgehead atoms. The molecule has 25 heavy (non-hydrogen) atoms. The van der Waals surface area contributed by atoms with Gasteiger partial charge < -0.3 is 9.64 Å². The number of hydrogen-bond acceptors (Lipinski definition) is 4. The smallest absolute Gasteiger partial charge is 0.423 e. The standard InChI is InChI=1S/C17H19ClF3N3O/c1-4-11(3)25-15-14(17(19,20)21)10-22-16(23-15)24(5-2)13-8-6-7-12(18)9-13/h6-11H,4-5H2,1-3H3. The molecule has 136 valence electrons. The zero-order valence-electron chi connectivity index (χ0n) is 14.1. The summed E-state index contributed by atoms with van der Waals surface area (Å²) in [7, 11) is 0. The highest BCUT2D eigenvalue weighted by molar-refractivity contribution is 6.30. The first kappa shape index (κ1) is 19.3. The Morgan fingerprint density at radius 3 is 2.56 bits per heavy atom. The zero-order chi connectivity index (χ0) is 18.6. The minimum atomic E-state index is -4.59. The number of alkyl halides is 3. The van der Waals surface area contributed by atoms with Crippen LogP contribution >= 0.6 is 11.6 Å². The molecule has 0 spiro atoms. The molecule has 1 atom stereocenters. The molecule has 0 amide bonds. The summed E-state index contributed by atoms with van der Waals surface area (Å²) in [6.07, 6.45) is -3.67. The monoisotopic (exact) mass is 373 g/mol. The third kappa shape index (κ3) is 4.75. The van der Waals surface area contributed by atoms with Gasteiger partial charge in [0.1, 0.15) is 5.56 Å². The Balaban J connectivity index is 2.48. The van der Waals surface area contributed by atoms with Gasteiger partial charge in [-0.2, -0.15) is 18.2 Å². The molecule has 2 rings (SSSR count). The van der Waals surface area contributed by atoms with Crippen molar-refractivity contribution in [3.05, 3.63) is 41.0 Å². The maximum Gasteiger partial charge on any atom is 0.423 e. The van der Waals surface area contributed by atoms with Crippen LogP contribution in [0.5, 0.6) is 5.88 Å². The van der Waals surface area contributed by atoms with Crippen molar-refractivity contribution in [2.45, 2.75) is 39.5 Å². The number of aromatic nitrogens is 2. The van der Waals surface area contributed by atoms with Crippen molar-refractivity contribution in [1.29, 1.82) is 0 Å². The van der Waals surface area contributed by atoms with Crippen LogP contribution in [0.15, 0.2) is 30.5 Å². The van der Waals surface area contributed by atoms with Crippen LogP contribution < -0.4 is 9.64 Å². The molecule has 1 aromatic heterocycles. The van der Waals surface area contributed by atoms with Crippen molar-refractivity contribution >= 4 is 23.2 Å². The van der Waals surface area contributed by atoms with Crippen molar-refractivity contribution in [1.82, 2.24) is 9.97 Å². The molecule has 0 aliphatic carbocycles. The summed E-state index contributed by atoms with van der Waals surface area (Å²) in [5, 5.41) is 0.513. The van der Waals surface area contributed by atoms with E-state index in [4.69, 9.17) is 16.3 Å². The normalized spacial score (nSPS) is 12.8. The third-order valence-corrected chi connectivity index (χ3v) is 3.85. The van der Waals surface area contributed by atoms with Gasteiger partial charge in [0.05, 0.1) is 6.10 Å². The fourth-order valence-electron chi connectivity index (χ4n) is 2.13. The second-order valence-electron chi connectivity index (χ2n) is 5.45. The van der Waals surface area contributed by atoms with Crippen molar-refractivity contribution in [2.24, 2.45) is 0 Å². The Hall–Kier alpha value is -2.02. The Labute approximate surface area is 149 Å². The van der Waals surface area contributed by atoms with E-state index in [2.05, 4.69) is 9.97 Å². The van der Waals surface area contributed by atoms with E-state index in [-0.39, 0.29) is 5.95 Å². The van der Waals surface area contributed by atoms with Crippen molar-refractivity contribution in [2.75, 3.05) is 11.4 Å². The molecular formula is C17H19ClF3N3O. The van der Waals surface area contributed by atoms with Crippen LogP contribution in [0, 0.1) is 0 Å². The number of benzene rings is 1. The van der Waals surface area contributed by atoms with Crippen LogP contribution in [0.2, 0.25) is 5.02 Å². The molecule has 1 unspecified atom stereocenters. The summed E-state index contributed by atoms with van der Waals surface area (Å²) >= 11 is 6.00. The summed E-state index contributed by atoms with van der Waals surface area (Å²) in [5.74, 6) is -0.344. The number of ether oxygens (including phenoxy) is 1. The van der Waals surface area contributed by atoms with E-state index in [9.17, 15) is 13.2 Å². The lowest BCUT2D eigenvalue weighted by atomic mass is 10.2. The van der Waals surface area contributed by atoms with Gasteiger partial charge in [0, 0.05) is 23.5 Å². The van der Waals surface area contributed by atoms with Gasteiger partial charge in [-0.05, 0) is 38.5 Å². The highest BCUT2D eigenvalue weighted by atomic mass is 35.5. The largest absolute Gasteiger partial charge is 0.474 e. The molecule has 4 nitrogen and oxygen atoms in total. The molecule has 0 aliphatic rings. The fourth-order valence-corrected chi connectivity index (χ4v) is 2.31. The minimum Gasteiger partial charge on any atom is -0.474 e. The summed E-state index contributed by atoms with van der Waals surface area (Å²) in [5.41, 5.74) is -0.303. The van der Waals surface area contributed by atoms with Gasteiger partial charge in [-0.25, -0.2) is 4.98 Å². The summed E-state index contributed by atoms with van der Waals surface area (Å²) in [6, 6.07) is 6.94. The number of hydrogen-bond donors (Lipinski definition) is 0. The summed E-state index contributed by atoms with van der Waals surface area (Å²) in [6.45, 7) is 5.81. The van der Waals surface area contributed by atoms with E-state index in [1.165, 1.54) is 0 Å². The minimum absolute atomic E-state index is 0.121. The van der Waals surface area contributed by atoms with E-state index in [1.54, 1.807) is 36.1 Å². The fraction of sp³-hybridized carbons (Fsp3) is 0.412.